The summed E-state index contributed by atoms with van der Waals surface area (Å²) in [5.74, 6) is 0.687. The second-order valence-electron chi connectivity index (χ2n) is 6.76. The number of benzene rings is 2. The predicted molar refractivity (Wildman–Crippen MR) is 105 cm³/mol. The van der Waals surface area contributed by atoms with Gasteiger partial charge in [0.25, 0.3) is 5.91 Å². The van der Waals surface area contributed by atoms with Gasteiger partial charge in [0.15, 0.2) is 6.61 Å². The van der Waals surface area contributed by atoms with Gasteiger partial charge in [-0.15, -0.1) is 0 Å². The van der Waals surface area contributed by atoms with Crippen molar-refractivity contribution in [2.24, 2.45) is 0 Å². The van der Waals surface area contributed by atoms with Crippen LogP contribution < -0.4 is 14.8 Å². The molecule has 1 aliphatic rings. The molecule has 1 heterocycles. The SMILES string of the molecule is COc1ccccc1NC(=O)COc1ccc(C2O[C@H](CO)C[C@H](O)[C@@H]2O)cc1. The van der Waals surface area contributed by atoms with Crippen molar-refractivity contribution in [3.05, 3.63) is 54.1 Å². The molecule has 1 aliphatic heterocycles. The van der Waals surface area contributed by atoms with Gasteiger partial charge in [-0.3, -0.25) is 4.79 Å². The van der Waals surface area contributed by atoms with Crippen molar-refractivity contribution >= 4 is 11.6 Å². The molecule has 1 saturated heterocycles. The lowest BCUT2D eigenvalue weighted by atomic mass is 9.93. The Bertz CT molecular complexity index is 811. The number of methoxy groups -OCH3 is 1. The van der Waals surface area contributed by atoms with Crippen LogP contribution in [0.4, 0.5) is 5.69 Å². The van der Waals surface area contributed by atoms with Gasteiger partial charge in [-0.2, -0.15) is 0 Å². The Morgan fingerprint density at radius 3 is 2.59 bits per heavy atom. The van der Waals surface area contributed by atoms with Gasteiger partial charge in [-0.25, -0.2) is 0 Å². The summed E-state index contributed by atoms with van der Waals surface area (Å²) in [6.07, 6.45) is -3.17. The standard InChI is InChI=1S/C21H25NO7/c1-27-18-5-3-2-4-16(18)22-19(25)12-28-14-8-6-13(7-9-14)21-20(26)17(24)10-15(11-23)29-21/h2-9,15,17,20-21,23-24,26H,10-12H2,1H3,(H,22,25)/t15-,17-,20-,21?/m0/s1. The maximum absolute atomic E-state index is 12.1. The Morgan fingerprint density at radius 2 is 1.90 bits per heavy atom. The van der Waals surface area contributed by atoms with E-state index in [1.54, 1.807) is 48.5 Å². The van der Waals surface area contributed by atoms with Crippen molar-refractivity contribution in [2.45, 2.75) is 30.8 Å². The summed E-state index contributed by atoms with van der Waals surface area (Å²) < 4.78 is 16.3. The van der Waals surface area contributed by atoms with Crippen LogP contribution in [0.2, 0.25) is 0 Å². The molecule has 8 nitrogen and oxygen atoms in total. The zero-order chi connectivity index (χ0) is 20.8. The third-order valence-electron chi connectivity index (χ3n) is 4.71. The number of amides is 1. The van der Waals surface area contributed by atoms with E-state index >= 15 is 0 Å². The number of carbonyl (C=O) groups is 1. The highest BCUT2D eigenvalue weighted by molar-refractivity contribution is 5.93. The lowest BCUT2D eigenvalue weighted by Crippen LogP contribution is -2.44. The molecule has 0 spiro atoms. The van der Waals surface area contributed by atoms with Crippen molar-refractivity contribution in [1.82, 2.24) is 0 Å². The Morgan fingerprint density at radius 1 is 1.17 bits per heavy atom. The van der Waals surface area contributed by atoms with Crippen LogP contribution in [-0.2, 0) is 9.53 Å². The summed E-state index contributed by atoms with van der Waals surface area (Å²) in [5, 5.41) is 32.1. The van der Waals surface area contributed by atoms with E-state index in [0.29, 0.717) is 22.7 Å². The molecule has 1 fully saturated rings. The van der Waals surface area contributed by atoms with E-state index < -0.39 is 24.4 Å². The van der Waals surface area contributed by atoms with Crippen LogP contribution in [0.3, 0.4) is 0 Å². The minimum absolute atomic E-state index is 0.177. The van der Waals surface area contributed by atoms with Gasteiger partial charge in [0.2, 0.25) is 0 Å². The zero-order valence-corrected chi connectivity index (χ0v) is 16.0. The van der Waals surface area contributed by atoms with E-state index in [1.165, 1.54) is 7.11 Å². The van der Waals surface area contributed by atoms with Gasteiger partial charge in [-0.1, -0.05) is 24.3 Å². The highest BCUT2D eigenvalue weighted by atomic mass is 16.5. The first kappa shape index (κ1) is 21.1. The number of aliphatic hydroxyl groups excluding tert-OH is 3. The summed E-state index contributed by atoms with van der Waals surface area (Å²) in [6.45, 7) is -0.423. The van der Waals surface area contributed by atoms with Crippen molar-refractivity contribution in [2.75, 3.05) is 25.6 Å². The highest BCUT2D eigenvalue weighted by Crippen LogP contribution is 2.32. The smallest absolute Gasteiger partial charge is 0.262 e. The van der Waals surface area contributed by atoms with E-state index in [-0.39, 0.29) is 25.5 Å². The van der Waals surface area contributed by atoms with Gasteiger partial charge >= 0.3 is 0 Å². The number of rotatable bonds is 7. The van der Waals surface area contributed by atoms with Gasteiger partial charge < -0.3 is 34.8 Å². The monoisotopic (exact) mass is 403 g/mol. The second kappa shape index (κ2) is 9.71. The van der Waals surface area contributed by atoms with Gasteiger partial charge in [0, 0.05) is 6.42 Å². The summed E-state index contributed by atoms with van der Waals surface area (Å²) in [7, 11) is 1.53. The van der Waals surface area contributed by atoms with Crippen LogP contribution in [-0.4, -0.2) is 59.9 Å². The first-order valence-corrected chi connectivity index (χ1v) is 9.30. The number of aliphatic hydroxyl groups is 3. The molecule has 0 bridgehead atoms. The zero-order valence-electron chi connectivity index (χ0n) is 16.0. The van der Waals surface area contributed by atoms with E-state index in [9.17, 15) is 20.1 Å². The second-order valence-corrected chi connectivity index (χ2v) is 6.76. The molecular formula is C21H25NO7. The summed E-state index contributed by atoms with van der Waals surface area (Å²) in [5.41, 5.74) is 1.19. The fourth-order valence-electron chi connectivity index (χ4n) is 3.18. The van der Waals surface area contributed by atoms with Crippen molar-refractivity contribution in [1.29, 1.82) is 0 Å². The topological polar surface area (TPSA) is 117 Å². The lowest BCUT2D eigenvalue weighted by molar-refractivity contribution is -0.179. The number of para-hydroxylation sites is 2. The average Bonchev–Trinajstić information content (AvgIpc) is 2.75. The molecule has 1 unspecified atom stereocenters. The van der Waals surface area contributed by atoms with E-state index in [4.69, 9.17) is 14.2 Å². The molecule has 0 radical (unpaired) electrons. The van der Waals surface area contributed by atoms with E-state index in [1.807, 2.05) is 0 Å². The number of ether oxygens (including phenoxy) is 3. The van der Waals surface area contributed by atoms with Gasteiger partial charge in [-0.05, 0) is 29.8 Å². The maximum Gasteiger partial charge on any atom is 0.262 e. The Balaban J connectivity index is 1.57. The Kier molecular flexibility index (Phi) is 7.05. The number of carbonyl (C=O) groups excluding carboxylic acids is 1. The normalized spacial score (nSPS) is 24.0. The molecule has 0 aromatic heterocycles. The minimum atomic E-state index is -1.09. The molecule has 0 saturated carbocycles. The molecule has 3 rings (SSSR count). The third kappa shape index (κ3) is 5.24. The lowest BCUT2D eigenvalue weighted by Gasteiger charge is -2.36. The quantitative estimate of drug-likeness (QED) is 0.550. The number of anilines is 1. The molecule has 2 aromatic rings. The molecule has 1 amide bonds. The summed E-state index contributed by atoms with van der Waals surface area (Å²) in [4.78, 5) is 12.1. The molecule has 29 heavy (non-hydrogen) atoms. The van der Waals surface area contributed by atoms with Gasteiger partial charge in [0.05, 0.1) is 31.6 Å². The molecule has 4 atom stereocenters. The van der Waals surface area contributed by atoms with Gasteiger partial charge in [0.1, 0.15) is 23.7 Å². The van der Waals surface area contributed by atoms with Crippen molar-refractivity contribution < 1.29 is 34.3 Å². The van der Waals surface area contributed by atoms with Crippen molar-refractivity contribution in [3.63, 3.8) is 0 Å². The Hall–Kier alpha value is -2.65. The molecule has 4 N–H and O–H groups in total. The number of nitrogens with one attached hydrogen (secondary N) is 1. The molecular weight excluding hydrogens is 378 g/mol. The van der Waals surface area contributed by atoms with Crippen LogP contribution in [0.1, 0.15) is 18.1 Å². The van der Waals surface area contributed by atoms with Crippen LogP contribution in [0.5, 0.6) is 11.5 Å². The average molecular weight is 403 g/mol. The highest BCUT2D eigenvalue weighted by Gasteiger charge is 2.37. The van der Waals surface area contributed by atoms with Crippen LogP contribution >= 0.6 is 0 Å². The van der Waals surface area contributed by atoms with Crippen molar-refractivity contribution in [3.8, 4) is 11.5 Å². The molecule has 156 valence electrons. The van der Waals surface area contributed by atoms with E-state index in [2.05, 4.69) is 5.32 Å². The molecule has 8 heteroatoms. The first-order valence-electron chi connectivity index (χ1n) is 9.30. The Labute approximate surface area is 168 Å². The third-order valence-corrected chi connectivity index (χ3v) is 4.71. The van der Waals surface area contributed by atoms with Crippen LogP contribution in [0, 0.1) is 0 Å². The maximum atomic E-state index is 12.1. The largest absolute Gasteiger partial charge is 0.495 e. The molecule has 2 aromatic carbocycles. The summed E-state index contributed by atoms with van der Waals surface area (Å²) in [6, 6.07) is 13.7. The number of hydrogen-bond acceptors (Lipinski definition) is 7. The van der Waals surface area contributed by atoms with Crippen LogP contribution in [0.25, 0.3) is 0 Å². The fraction of sp³-hybridized carbons (Fsp3) is 0.381. The number of hydrogen-bond donors (Lipinski definition) is 4. The first-order chi connectivity index (χ1) is 14.0. The van der Waals surface area contributed by atoms with E-state index in [0.717, 1.165) is 0 Å². The summed E-state index contributed by atoms with van der Waals surface area (Å²) >= 11 is 0. The fourth-order valence-corrected chi connectivity index (χ4v) is 3.18. The van der Waals surface area contributed by atoms with Crippen LogP contribution in [0.15, 0.2) is 48.5 Å². The predicted octanol–water partition coefficient (Wildman–Crippen LogP) is 1.26. The minimum Gasteiger partial charge on any atom is -0.495 e. The molecule has 0 aliphatic carbocycles.